The average molecular weight is 1110 g/mol. The Hall–Kier alpha value is -3.86. The molecule has 12 heteroatoms. The lowest BCUT2D eigenvalue weighted by Gasteiger charge is -2.21. The van der Waals surface area contributed by atoms with Crippen molar-refractivity contribution >= 4 is 25.7 Å². The number of hydrogen-bond acceptors (Lipinski definition) is 10. The van der Waals surface area contributed by atoms with Gasteiger partial charge in [-0.2, -0.15) is 0 Å². The highest BCUT2D eigenvalue weighted by atomic mass is 31.2. The summed E-state index contributed by atoms with van der Waals surface area (Å²) in [6, 6.07) is 0. The molecular formula is C66H111O11P. The summed E-state index contributed by atoms with van der Waals surface area (Å²) < 4.78 is 39.6. The van der Waals surface area contributed by atoms with Gasteiger partial charge < -0.3 is 24.2 Å². The summed E-state index contributed by atoms with van der Waals surface area (Å²) in [6.45, 7) is 4.35. The lowest BCUT2D eigenvalue weighted by atomic mass is 10.1. The van der Waals surface area contributed by atoms with Crippen LogP contribution in [0.4, 0.5) is 0 Å². The van der Waals surface area contributed by atoms with Crippen LogP contribution in [0.5, 0.6) is 0 Å². The van der Waals surface area contributed by atoms with Crippen LogP contribution >= 0.6 is 7.82 Å². The third kappa shape index (κ3) is 56.8. The van der Waals surface area contributed by atoms with Gasteiger partial charge in [-0.3, -0.25) is 23.4 Å². The number of esters is 3. The van der Waals surface area contributed by atoms with E-state index in [2.05, 4.69) is 130 Å². The van der Waals surface area contributed by atoms with Crippen LogP contribution in [-0.2, 0) is 42.2 Å². The van der Waals surface area contributed by atoms with Crippen LogP contribution in [0.15, 0.2) is 109 Å². The van der Waals surface area contributed by atoms with E-state index in [4.69, 9.17) is 23.3 Å². The summed E-state index contributed by atoms with van der Waals surface area (Å²) in [5, 5.41) is 9.82. The molecule has 0 bridgehead atoms. The van der Waals surface area contributed by atoms with Gasteiger partial charge in [0.15, 0.2) is 6.10 Å². The zero-order valence-electron chi connectivity index (χ0n) is 49.3. The smallest absolute Gasteiger partial charge is 0.462 e. The summed E-state index contributed by atoms with van der Waals surface area (Å²) in [7, 11) is -4.77. The van der Waals surface area contributed by atoms with Gasteiger partial charge in [0.2, 0.25) is 0 Å². The van der Waals surface area contributed by atoms with Crippen molar-refractivity contribution in [2.75, 3.05) is 26.4 Å². The number of unbranched alkanes of at least 4 members (excludes halogenated alkanes) is 21. The Kier molecular flexibility index (Phi) is 56.3. The molecule has 0 saturated heterocycles. The Bertz CT molecular complexity index is 1720. The van der Waals surface area contributed by atoms with E-state index in [0.717, 1.165) is 109 Å². The number of phosphoric ester groups is 1. The highest BCUT2D eigenvalue weighted by molar-refractivity contribution is 7.47. The normalized spacial score (nSPS) is 14.1. The van der Waals surface area contributed by atoms with Crippen LogP contribution in [-0.4, -0.2) is 66.5 Å². The molecule has 0 spiro atoms. The largest absolute Gasteiger partial charge is 0.472 e. The van der Waals surface area contributed by atoms with Crippen molar-refractivity contribution < 1.29 is 52.2 Å². The molecule has 0 aromatic rings. The van der Waals surface area contributed by atoms with Gasteiger partial charge in [0.1, 0.15) is 12.7 Å². The number of aliphatic hydroxyl groups excluding tert-OH is 1. The predicted molar refractivity (Wildman–Crippen MR) is 325 cm³/mol. The number of carbonyl (C=O) groups excluding carboxylic acids is 3. The van der Waals surface area contributed by atoms with Crippen molar-refractivity contribution in [3.8, 4) is 0 Å². The zero-order chi connectivity index (χ0) is 56.9. The van der Waals surface area contributed by atoms with Gasteiger partial charge in [-0.25, -0.2) is 4.57 Å². The quantitative estimate of drug-likeness (QED) is 0.0197. The van der Waals surface area contributed by atoms with Gasteiger partial charge in [0, 0.05) is 19.3 Å². The van der Waals surface area contributed by atoms with E-state index >= 15 is 0 Å². The SMILES string of the molecule is CC/C=C\C/C=C\C/C=C\C/C=C\C/C=C\CCCCCC(=O)OCC(COP(=O)(O)OCC(CO)OC(=O)CCCCC/C=C\C/C=C\C/C=C\CC)OC(=O)CCCCCCCCCCC/C=C\CCCCCCCC. The van der Waals surface area contributed by atoms with Crippen LogP contribution in [0.2, 0.25) is 0 Å². The molecule has 0 fully saturated rings. The summed E-state index contributed by atoms with van der Waals surface area (Å²) in [6.07, 6.45) is 71.9. The van der Waals surface area contributed by atoms with Crippen molar-refractivity contribution in [3.63, 3.8) is 0 Å². The van der Waals surface area contributed by atoms with Gasteiger partial charge in [-0.05, 0) is 122 Å². The van der Waals surface area contributed by atoms with Gasteiger partial charge in [-0.15, -0.1) is 0 Å². The molecule has 0 rings (SSSR count). The van der Waals surface area contributed by atoms with E-state index in [1.807, 2.05) is 0 Å². The Morgan fingerprint density at radius 3 is 1.05 bits per heavy atom. The van der Waals surface area contributed by atoms with Crippen molar-refractivity contribution in [2.45, 2.75) is 264 Å². The predicted octanol–water partition coefficient (Wildman–Crippen LogP) is 18.6. The van der Waals surface area contributed by atoms with Gasteiger partial charge in [-0.1, -0.05) is 220 Å². The molecule has 0 aromatic heterocycles. The molecule has 0 amide bonds. The third-order valence-corrected chi connectivity index (χ3v) is 13.6. The molecule has 2 N–H and O–H groups in total. The molecule has 0 aliphatic heterocycles. The van der Waals surface area contributed by atoms with Crippen molar-refractivity contribution in [1.82, 2.24) is 0 Å². The first-order chi connectivity index (χ1) is 38.2. The monoisotopic (exact) mass is 1110 g/mol. The highest BCUT2D eigenvalue weighted by Gasteiger charge is 2.28. The first kappa shape index (κ1) is 74.1. The Balaban J connectivity index is 4.80. The lowest BCUT2D eigenvalue weighted by Crippen LogP contribution is -2.30. The second kappa shape index (κ2) is 59.3. The first-order valence-electron chi connectivity index (χ1n) is 30.8. The molecule has 446 valence electrons. The van der Waals surface area contributed by atoms with Crippen LogP contribution < -0.4 is 0 Å². The number of carbonyl (C=O) groups is 3. The maximum absolute atomic E-state index is 12.9. The Morgan fingerprint density at radius 1 is 0.372 bits per heavy atom. The molecule has 0 aliphatic carbocycles. The number of aliphatic hydroxyl groups is 1. The minimum Gasteiger partial charge on any atom is -0.462 e. The maximum atomic E-state index is 12.9. The molecule has 0 saturated carbocycles. The highest BCUT2D eigenvalue weighted by Crippen LogP contribution is 2.43. The van der Waals surface area contributed by atoms with Gasteiger partial charge in [0.25, 0.3) is 0 Å². The zero-order valence-corrected chi connectivity index (χ0v) is 50.2. The lowest BCUT2D eigenvalue weighted by molar-refractivity contribution is -0.161. The molecule has 0 radical (unpaired) electrons. The van der Waals surface area contributed by atoms with Crippen LogP contribution in [0, 0.1) is 0 Å². The minimum atomic E-state index is -4.77. The number of allylic oxidation sites excluding steroid dienone is 18. The van der Waals surface area contributed by atoms with Crippen molar-refractivity contribution in [1.29, 1.82) is 0 Å². The second-order valence-electron chi connectivity index (χ2n) is 20.1. The number of hydrogen-bond donors (Lipinski definition) is 2. The molecule has 3 atom stereocenters. The average Bonchev–Trinajstić information content (AvgIpc) is 3.43. The topological polar surface area (TPSA) is 155 Å². The first-order valence-corrected chi connectivity index (χ1v) is 32.3. The van der Waals surface area contributed by atoms with E-state index in [9.17, 15) is 28.9 Å². The standard InChI is InChI=1S/C66H111O11P/c1-4-7-10-13-16-19-22-25-27-29-31-33-35-38-40-43-46-49-52-55-64(68)73-59-63(77-66(70)57-54-51-48-45-42-39-36-34-32-30-28-26-23-20-17-14-11-8-5-2)61-75-78(71,72)74-60-62(58-67)76-65(69)56-53-50-47-44-41-37-24-21-18-15-12-9-6-3/h7,9-10,12,16,18-19,21,25-28,31,33,37-38,40-41,62-63,67H,4-6,8,11,13-15,17,20,22-24,29-30,32,34-36,39,42-61H2,1-3H3,(H,71,72)/b10-7-,12-9-,19-16-,21-18-,27-25-,28-26-,33-31-,40-38-,41-37-. The van der Waals surface area contributed by atoms with E-state index in [1.54, 1.807) is 0 Å². The van der Waals surface area contributed by atoms with Crippen molar-refractivity contribution in [2.24, 2.45) is 0 Å². The Labute approximate surface area is 475 Å². The second-order valence-corrected chi connectivity index (χ2v) is 21.6. The van der Waals surface area contributed by atoms with Crippen molar-refractivity contribution in [3.05, 3.63) is 109 Å². The van der Waals surface area contributed by atoms with E-state index < -0.39 is 57.8 Å². The van der Waals surface area contributed by atoms with E-state index in [0.29, 0.717) is 19.3 Å². The number of ether oxygens (including phenoxy) is 3. The molecule has 78 heavy (non-hydrogen) atoms. The fraction of sp³-hybridized carbons (Fsp3) is 0.682. The molecule has 11 nitrogen and oxygen atoms in total. The van der Waals surface area contributed by atoms with Crippen LogP contribution in [0.3, 0.4) is 0 Å². The molecule has 0 aliphatic rings. The number of phosphoric acid groups is 1. The van der Waals surface area contributed by atoms with Gasteiger partial charge in [0.05, 0.1) is 19.8 Å². The molecular weight excluding hydrogens is 1000 g/mol. The maximum Gasteiger partial charge on any atom is 0.472 e. The van der Waals surface area contributed by atoms with Crippen LogP contribution in [0.1, 0.15) is 252 Å². The fourth-order valence-electron chi connectivity index (χ4n) is 8.04. The molecule has 0 heterocycles. The molecule has 3 unspecified atom stereocenters. The number of rotatable bonds is 56. The third-order valence-electron chi connectivity index (χ3n) is 12.7. The molecule has 0 aromatic carbocycles. The van der Waals surface area contributed by atoms with E-state index in [1.165, 1.54) is 83.5 Å². The fourth-order valence-corrected chi connectivity index (χ4v) is 8.82. The van der Waals surface area contributed by atoms with E-state index in [-0.39, 0.29) is 25.9 Å². The summed E-state index contributed by atoms with van der Waals surface area (Å²) in [5.41, 5.74) is 0. The van der Waals surface area contributed by atoms with Gasteiger partial charge >= 0.3 is 25.7 Å². The summed E-state index contributed by atoms with van der Waals surface area (Å²) in [4.78, 5) is 48.7. The Morgan fingerprint density at radius 2 is 0.667 bits per heavy atom. The summed E-state index contributed by atoms with van der Waals surface area (Å²) in [5.74, 6) is -1.54. The summed E-state index contributed by atoms with van der Waals surface area (Å²) >= 11 is 0. The minimum absolute atomic E-state index is 0.135. The van der Waals surface area contributed by atoms with Crippen LogP contribution in [0.25, 0.3) is 0 Å².